The predicted molar refractivity (Wildman–Crippen MR) is 84.8 cm³/mol. The van der Waals surface area contributed by atoms with Gasteiger partial charge in [0.2, 0.25) is 0 Å². The number of nitrogens with two attached hydrogens (primary N) is 1. The maximum atomic E-state index is 6.38. The molecule has 100 valence electrons. The first-order valence-electron chi connectivity index (χ1n) is 6.43. The summed E-state index contributed by atoms with van der Waals surface area (Å²) >= 11 is 7.72. The molecule has 19 heavy (non-hydrogen) atoms. The number of hydrogen-bond acceptors (Lipinski definition) is 2. The van der Waals surface area contributed by atoms with E-state index in [-0.39, 0.29) is 6.04 Å². The van der Waals surface area contributed by atoms with Crippen LogP contribution in [0.2, 0.25) is 5.02 Å². The van der Waals surface area contributed by atoms with Crippen LogP contribution in [-0.4, -0.2) is 5.25 Å². The largest absolute Gasteiger partial charge is 0.323 e. The van der Waals surface area contributed by atoms with Gasteiger partial charge in [-0.3, -0.25) is 0 Å². The molecule has 0 aliphatic carbocycles. The Labute approximate surface area is 124 Å². The second-order valence-electron chi connectivity index (χ2n) is 4.45. The van der Waals surface area contributed by atoms with E-state index < -0.39 is 0 Å². The van der Waals surface area contributed by atoms with Crippen molar-refractivity contribution in [2.75, 3.05) is 0 Å². The highest BCUT2D eigenvalue weighted by Gasteiger charge is 2.18. The van der Waals surface area contributed by atoms with Crippen molar-refractivity contribution in [3.8, 4) is 0 Å². The lowest BCUT2D eigenvalue weighted by Gasteiger charge is -2.22. The van der Waals surface area contributed by atoms with Crippen molar-refractivity contribution in [1.82, 2.24) is 0 Å². The number of rotatable bonds is 5. The third-order valence-corrected chi connectivity index (χ3v) is 4.81. The summed E-state index contributed by atoms with van der Waals surface area (Å²) in [6.07, 6.45) is 1.03. The summed E-state index contributed by atoms with van der Waals surface area (Å²) in [6, 6.07) is 18.3. The van der Waals surface area contributed by atoms with Crippen molar-refractivity contribution in [3.63, 3.8) is 0 Å². The molecule has 0 heterocycles. The maximum absolute atomic E-state index is 6.38. The van der Waals surface area contributed by atoms with Gasteiger partial charge >= 0.3 is 0 Å². The molecule has 0 spiro atoms. The standard InChI is InChI=1S/C16H18ClNS/c1-2-15(16(18)12-6-4-3-5-7-12)19-14-10-8-13(17)9-11-14/h3-11,15-16H,2,18H2,1H3. The normalized spacial score (nSPS) is 14.1. The molecule has 2 aromatic rings. The van der Waals surface area contributed by atoms with E-state index in [1.165, 1.54) is 10.5 Å². The van der Waals surface area contributed by atoms with Gasteiger partial charge in [0.15, 0.2) is 0 Å². The minimum atomic E-state index is 0.0480. The first kappa shape index (κ1) is 14.4. The molecule has 0 amide bonds. The number of halogens is 1. The zero-order valence-electron chi connectivity index (χ0n) is 10.9. The first-order valence-corrected chi connectivity index (χ1v) is 7.69. The fourth-order valence-electron chi connectivity index (χ4n) is 1.99. The van der Waals surface area contributed by atoms with Gasteiger partial charge in [0, 0.05) is 21.2 Å². The van der Waals surface area contributed by atoms with E-state index in [9.17, 15) is 0 Å². The van der Waals surface area contributed by atoms with Crippen LogP contribution >= 0.6 is 23.4 Å². The first-order chi connectivity index (χ1) is 9.20. The van der Waals surface area contributed by atoms with Crippen molar-refractivity contribution in [2.45, 2.75) is 29.5 Å². The fraction of sp³-hybridized carbons (Fsp3) is 0.250. The molecule has 0 aliphatic rings. The Balaban J connectivity index is 2.10. The van der Waals surface area contributed by atoms with E-state index in [1.54, 1.807) is 0 Å². The summed E-state index contributed by atoms with van der Waals surface area (Å²) < 4.78 is 0. The summed E-state index contributed by atoms with van der Waals surface area (Å²) in [5.41, 5.74) is 7.57. The van der Waals surface area contributed by atoms with Crippen LogP contribution in [0.15, 0.2) is 59.5 Å². The van der Waals surface area contributed by atoms with Crippen molar-refractivity contribution in [2.24, 2.45) is 5.73 Å². The lowest BCUT2D eigenvalue weighted by molar-refractivity contribution is 0.656. The van der Waals surface area contributed by atoms with Crippen LogP contribution in [0.5, 0.6) is 0 Å². The third kappa shape index (κ3) is 4.00. The number of thioether (sulfide) groups is 1. The average Bonchev–Trinajstić information content (AvgIpc) is 2.47. The molecule has 2 rings (SSSR count). The molecule has 0 saturated heterocycles. The minimum absolute atomic E-state index is 0.0480. The topological polar surface area (TPSA) is 26.0 Å². The molecule has 2 atom stereocenters. The molecule has 2 N–H and O–H groups in total. The summed E-state index contributed by atoms with van der Waals surface area (Å²) in [7, 11) is 0. The van der Waals surface area contributed by atoms with E-state index in [0.29, 0.717) is 5.25 Å². The van der Waals surface area contributed by atoms with Gasteiger partial charge in [-0.15, -0.1) is 11.8 Å². The summed E-state index contributed by atoms with van der Waals surface area (Å²) in [6.45, 7) is 2.18. The second-order valence-corrected chi connectivity index (χ2v) is 6.20. The highest BCUT2D eigenvalue weighted by atomic mass is 35.5. The molecule has 0 saturated carbocycles. The van der Waals surface area contributed by atoms with Crippen molar-refractivity contribution >= 4 is 23.4 Å². The second kappa shape index (κ2) is 6.99. The average molecular weight is 292 g/mol. The lowest BCUT2D eigenvalue weighted by Crippen LogP contribution is -2.23. The third-order valence-electron chi connectivity index (χ3n) is 3.09. The zero-order chi connectivity index (χ0) is 13.7. The highest BCUT2D eigenvalue weighted by molar-refractivity contribution is 8.00. The van der Waals surface area contributed by atoms with Crippen LogP contribution in [0.4, 0.5) is 0 Å². The quantitative estimate of drug-likeness (QED) is 0.792. The molecule has 0 fully saturated rings. The van der Waals surface area contributed by atoms with E-state index in [0.717, 1.165) is 11.4 Å². The molecule has 3 heteroatoms. The number of benzene rings is 2. The summed E-state index contributed by atoms with van der Waals surface area (Å²) in [4.78, 5) is 1.21. The molecule has 0 aromatic heterocycles. The van der Waals surface area contributed by atoms with Gasteiger partial charge in [-0.25, -0.2) is 0 Å². The van der Waals surface area contributed by atoms with E-state index in [2.05, 4.69) is 19.1 Å². The van der Waals surface area contributed by atoms with Gasteiger partial charge in [0.1, 0.15) is 0 Å². The fourth-order valence-corrected chi connectivity index (χ4v) is 3.23. The lowest BCUT2D eigenvalue weighted by atomic mass is 10.0. The Morgan fingerprint density at radius 2 is 1.68 bits per heavy atom. The van der Waals surface area contributed by atoms with Crippen LogP contribution in [0, 0.1) is 0 Å². The Hall–Kier alpha value is -0.960. The van der Waals surface area contributed by atoms with Crippen LogP contribution < -0.4 is 5.73 Å². The molecular weight excluding hydrogens is 274 g/mol. The van der Waals surface area contributed by atoms with Gasteiger partial charge < -0.3 is 5.73 Å². The van der Waals surface area contributed by atoms with Crippen molar-refractivity contribution < 1.29 is 0 Å². The van der Waals surface area contributed by atoms with Crippen LogP contribution in [0.25, 0.3) is 0 Å². The Morgan fingerprint density at radius 3 is 2.26 bits per heavy atom. The Bertz CT molecular complexity index is 498. The van der Waals surface area contributed by atoms with E-state index >= 15 is 0 Å². The van der Waals surface area contributed by atoms with Crippen LogP contribution in [0.3, 0.4) is 0 Å². The SMILES string of the molecule is CCC(Sc1ccc(Cl)cc1)C(N)c1ccccc1. The minimum Gasteiger partial charge on any atom is -0.323 e. The summed E-state index contributed by atoms with van der Waals surface area (Å²) in [5, 5.41) is 1.13. The van der Waals surface area contributed by atoms with Gasteiger partial charge in [-0.05, 0) is 36.2 Å². The molecule has 1 nitrogen and oxygen atoms in total. The smallest absolute Gasteiger partial charge is 0.0418 e. The molecule has 0 bridgehead atoms. The van der Waals surface area contributed by atoms with Gasteiger partial charge in [-0.2, -0.15) is 0 Å². The van der Waals surface area contributed by atoms with E-state index in [4.69, 9.17) is 17.3 Å². The van der Waals surface area contributed by atoms with E-state index in [1.807, 2.05) is 54.2 Å². The van der Waals surface area contributed by atoms with Crippen LogP contribution in [-0.2, 0) is 0 Å². The Kier molecular flexibility index (Phi) is 5.32. The van der Waals surface area contributed by atoms with Crippen molar-refractivity contribution in [1.29, 1.82) is 0 Å². The summed E-state index contributed by atoms with van der Waals surface area (Å²) in [5.74, 6) is 0. The van der Waals surface area contributed by atoms with Crippen molar-refractivity contribution in [3.05, 3.63) is 65.2 Å². The highest BCUT2D eigenvalue weighted by Crippen LogP contribution is 2.33. The van der Waals surface area contributed by atoms with Crippen LogP contribution in [0.1, 0.15) is 24.9 Å². The van der Waals surface area contributed by atoms with Gasteiger partial charge in [-0.1, -0.05) is 48.9 Å². The number of hydrogen-bond donors (Lipinski definition) is 1. The van der Waals surface area contributed by atoms with Gasteiger partial charge in [0.05, 0.1) is 0 Å². The molecule has 2 unspecified atom stereocenters. The maximum Gasteiger partial charge on any atom is 0.0418 e. The predicted octanol–water partition coefficient (Wildman–Crippen LogP) is 4.91. The molecule has 2 aromatic carbocycles. The molecule has 0 aliphatic heterocycles. The molecular formula is C16H18ClNS. The van der Waals surface area contributed by atoms with Gasteiger partial charge in [0.25, 0.3) is 0 Å². The monoisotopic (exact) mass is 291 g/mol. The zero-order valence-corrected chi connectivity index (χ0v) is 12.5. The Morgan fingerprint density at radius 1 is 1.05 bits per heavy atom. The molecule has 0 radical (unpaired) electrons.